The Bertz CT molecular complexity index is 1080. The van der Waals surface area contributed by atoms with Gasteiger partial charge in [-0.1, -0.05) is 11.6 Å². The van der Waals surface area contributed by atoms with Crippen molar-refractivity contribution >= 4 is 50.4 Å². The largest absolute Gasteiger partial charge is 0.326 e. The van der Waals surface area contributed by atoms with Crippen molar-refractivity contribution in [2.45, 2.75) is 12.3 Å². The van der Waals surface area contributed by atoms with Gasteiger partial charge in [-0.2, -0.15) is 5.10 Å². The van der Waals surface area contributed by atoms with Crippen molar-refractivity contribution in [2.75, 3.05) is 5.32 Å². The average molecular weight is 344 g/mol. The first-order chi connectivity index (χ1) is 11.2. The molecule has 3 aromatic heterocycles. The van der Waals surface area contributed by atoms with Crippen LogP contribution in [0, 0.1) is 0 Å². The number of rotatable bonds is 1. The van der Waals surface area contributed by atoms with E-state index in [1.807, 2.05) is 22.0 Å². The lowest BCUT2D eigenvalue weighted by atomic mass is 9.87. The van der Waals surface area contributed by atoms with Gasteiger partial charge in [-0.05, 0) is 17.7 Å². The normalized spacial score (nSPS) is 17.6. The Morgan fingerprint density at radius 1 is 1.39 bits per heavy atom. The number of aromatic nitrogens is 4. The van der Waals surface area contributed by atoms with Gasteiger partial charge < -0.3 is 5.32 Å². The molecule has 0 saturated heterocycles. The van der Waals surface area contributed by atoms with E-state index in [1.54, 1.807) is 6.20 Å². The molecule has 0 saturated carbocycles. The van der Waals surface area contributed by atoms with Crippen LogP contribution in [0.5, 0.6) is 0 Å². The van der Waals surface area contributed by atoms with E-state index in [-0.39, 0.29) is 11.8 Å². The molecule has 0 spiro atoms. The van der Waals surface area contributed by atoms with Crippen molar-refractivity contribution in [3.05, 3.63) is 46.3 Å². The molecule has 4 aromatic rings. The molecule has 8 heteroatoms. The van der Waals surface area contributed by atoms with Crippen molar-refractivity contribution in [2.24, 2.45) is 0 Å². The molecule has 114 valence electrons. The summed E-state index contributed by atoms with van der Waals surface area (Å²) in [4.78, 5) is 17.4. The molecule has 0 unspecified atom stereocenters. The van der Waals surface area contributed by atoms with Gasteiger partial charge >= 0.3 is 0 Å². The molecule has 0 fully saturated rings. The number of halogens is 1. The predicted octanol–water partition coefficient (Wildman–Crippen LogP) is 3.40. The van der Waals surface area contributed by atoms with Gasteiger partial charge in [-0.15, -0.1) is 11.3 Å². The van der Waals surface area contributed by atoms with Gasteiger partial charge in [0.15, 0.2) is 10.1 Å². The Kier molecular flexibility index (Phi) is 2.60. The van der Waals surface area contributed by atoms with Gasteiger partial charge in [-0.3, -0.25) is 14.3 Å². The van der Waals surface area contributed by atoms with Crippen molar-refractivity contribution < 1.29 is 4.79 Å². The van der Waals surface area contributed by atoms with Crippen molar-refractivity contribution in [3.63, 3.8) is 0 Å². The summed E-state index contributed by atoms with van der Waals surface area (Å²) in [7, 11) is 0. The van der Waals surface area contributed by atoms with E-state index in [1.165, 1.54) is 11.3 Å². The summed E-state index contributed by atoms with van der Waals surface area (Å²) in [6.45, 7) is 0. The molecule has 1 aromatic carbocycles. The van der Waals surface area contributed by atoms with Crippen LogP contribution >= 0.6 is 22.9 Å². The van der Waals surface area contributed by atoms with Crippen molar-refractivity contribution in [1.82, 2.24) is 19.6 Å². The van der Waals surface area contributed by atoms with Crippen LogP contribution in [0.2, 0.25) is 5.15 Å². The number of fused-ring (bicyclic) bond motifs is 3. The summed E-state index contributed by atoms with van der Waals surface area (Å²) in [5.74, 6) is -0.155. The number of H-pyrrole nitrogens is 1. The Morgan fingerprint density at radius 3 is 3.22 bits per heavy atom. The Balaban J connectivity index is 1.79. The standard InChI is InChI=1S/C15H10ClN5OS/c16-14-13(21-1-2-23-15(21)19-14)9-4-12(22)18-11-5-10-7(3-8(9)11)6-17-20-10/h1-3,5-6,9H,4H2,(H,17,20)(H,18,22)/t9-/m0/s1. The topological polar surface area (TPSA) is 75.1 Å². The number of anilines is 1. The monoisotopic (exact) mass is 343 g/mol. The third kappa shape index (κ3) is 1.83. The van der Waals surface area contributed by atoms with E-state index in [9.17, 15) is 4.79 Å². The number of thiazole rings is 1. The quantitative estimate of drug-likeness (QED) is 0.556. The van der Waals surface area contributed by atoms with Crippen LogP contribution < -0.4 is 5.32 Å². The summed E-state index contributed by atoms with van der Waals surface area (Å²) < 4.78 is 1.97. The lowest BCUT2D eigenvalue weighted by molar-refractivity contribution is -0.116. The highest BCUT2D eigenvalue weighted by atomic mass is 35.5. The fraction of sp³-hybridized carbons (Fsp3) is 0.133. The first-order valence-electron chi connectivity index (χ1n) is 7.08. The predicted molar refractivity (Wildman–Crippen MR) is 89.3 cm³/mol. The minimum Gasteiger partial charge on any atom is -0.326 e. The van der Waals surface area contributed by atoms with E-state index in [0.717, 1.165) is 32.8 Å². The fourth-order valence-corrected chi connectivity index (χ4v) is 4.31. The zero-order valence-electron chi connectivity index (χ0n) is 11.7. The molecule has 5 rings (SSSR count). The number of carbonyl (C=O) groups excluding carboxylic acids is 1. The third-order valence-electron chi connectivity index (χ3n) is 4.23. The first-order valence-corrected chi connectivity index (χ1v) is 8.34. The maximum absolute atomic E-state index is 12.2. The first kappa shape index (κ1) is 13.1. The van der Waals surface area contributed by atoms with Gasteiger partial charge in [0.25, 0.3) is 0 Å². The van der Waals surface area contributed by atoms with Gasteiger partial charge in [0, 0.05) is 35.0 Å². The maximum atomic E-state index is 12.2. The molecule has 4 heterocycles. The summed E-state index contributed by atoms with van der Waals surface area (Å²) in [6, 6.07) is 3.97. The Hall–Kier alpha value is -2.38. The molecular weight excluding hydrogens is 334 g/mol. The summed E-state index contributed by atoms with van der Waals surface area (Å²) >= 11 is 7.90. The van der Waals surface area contributed by atoms with Gasteiger partial charge in [0.2, 0.25) is 5.91 Å². The van der Waals surface area contributed by atoms with Gasteiger partial charge in [-0.25, -0.2) is 4.98 Å². The molecule has 0 aliphatic carbocycles. The number of benzene rings is 1. The number of nitrogens with one attached hydrogen (secondary N) is 2. The van der Waals surface area contributed by atoms with Crippen LogP contribution in [0.25, 0.3) is 15.9 Å². The SMILES string of the molecule is O=C1C[C@H](c2c(Cl)nc3sccn23)c2cc3cn[nH]c3cc2N1. The number of hydrogen-bond donors (Lipinski definition) is 2. The second-order valence-corrected chi connectivity index (χ2v) is 6.78. The van der Waals surface area contributed by atoms with Crippen LogP contribution in [-0.4, -0.2) is 25.5 Å². The van der Waals surface area contributed by atoms with E-state index in [0.29, 0.717) is 11.6 Å². The molecule has 6 nitrogen and oxygen atoms in total. The minimum atomic E-state index is -0.129. The maximum Gasteiger partial charge on any atom is 0.225 e. The second kappa shape index (κ2) is 4.56. The van der Waals surface area contributed by atoms with E-state index in [4.69, 9.17) is 11.6 Å². The Labute approximate surface area is 139 Å². The second-order valence-electron chi connectivity index (χ2n) is 5.55. The zero-order valence-corrected chi connectivity index (χ0v) is 13.3. The average Bonchev–Trinajstić information content (AvgIpc) is 3.19. The summed E-state index contributed by atoms with van der Waals surface area (Å²) in [5, 5.41) is 13.3. The number of carbonyl (C=O) groups is 1. The fourth-order valence-electron chi connectivity index (χ4n) is 3.23. The molecule has 1 atom stereocenters. The number of hydrogen-bond acceptors (Lipinski definition) is 4. The molecule has 0 radical (unpaired) electrons. The highest BCUT2D eigenvalue weighted by Crippen LogP contribution is 2.41. The summed E-state index contributed by atoms with van der Waals surface area (Å²) in [6.07, 6.45) is 4.07. The smallest absolute Gasteiger partial charge is 0.225 e. The third-order valence-corrected chi connectivity index (χ3v) is 5.27. The number of amides is 1. The molecule has 0 bridgehead atoms. The molecule has 1 amide bonds. The lowest BCUT2D eigenvalue weighted by Crippen LogP contribution is -2.24. The van der Waals surface area contributed by atoms with Crippen LogP contribution in [0.1, 0.15) is 23.6 Å². The number of imidazole rings is 1. The molecular formula is C15H10ClN5OS. The van der Waals surface area contributed by atoms with E-state index < -0.39 is 0 Å². The van der Waals surface area contributed by atoms with Gasteiger partial charge in [0.1, 0.15) is 0 Å². The van der Waals surface area contributed by atoms with Crippen LogP contribution in [0.3, 0.4) is 0 Å². The van der Waals surface area contributed by atoms with Gasteiger partial charge in [0.05, 0.1) is 17.4 Å². The number of aromatic amines is 1. The minimum absolute atomic E-state index is 0.0254. The highest BCUT2D eigenvalue weighted by molar-refractivity contribution is 7.15. The van der Waals surface area contributed by atoms with E-state index >= 15 is 0 Å². The van der Waals surface area contributed by atoms with Crippen LogP contribution in [-0.2, 0) is 4.79 Å². The van der Waals surface area contributed by atoms with Crippen molar-refractivity contribution in [3.8, 4) is 0 Å². The Morgan fingerprint density at radius 2 is 2.30 bits per heavy atom. The highest BCUT2D eigenvalue weighted by Gasteiger charge is 2.31. The number of nitrogens with zero attached hydrogens (tertiary/aromatic N) is 3. The molecule has 1 aliphatic rings. The zero-order chi connectivity index (χ0) is 15.6. The van der Waals surface area contributed by atoms with E-state index in [2.05, 4.69) is 26.6 Å². The lowest BCUT2D eigenvalue weighted by Gasteiger charge is -2.25. The molecule has 23 heavy (non-hydrogen) atoms. The van der Waals surface area contributed by atoms with Crippen LogP contribution in [0.4, 0.5) is 5.69 Å². The molecule has 1 aliphatic heterocycles. The van der Waals surface area contributed by atoms with Crippen LogP contribution in [0.15, 0.2) is 29.9 Å². The molecule has 2 N–H and O–H groups in total. The van der Waals surface area contributed by atoms with Crippen molar-refractivity contribution in [1.29, 1.82) is 0 Å². The summed E-state index contributed by atoms with van der Waals surface area (Å²) in [5.41, 5.74) is 3.59.